The normalized spacial score (nSPS) is 11.5. The van der Waals surface area contributed by atoms with Gasteiger partial charge < -0.3 is 17.0 Å². The largest absolute Gasteiger partial charge is 1.00 e. The number of carbonyl (C=O) groups excluding carboxylic acids is 1. The molecule has 27 heavy (non-hydrogen) atoms. The van der Waals surface area contributed by atoms with Gasteiger partial charge in [0.15, 0.2) is 0 Å². The van der Waals surface area contributed by atoms with E-state index in [1.165, 1.54) is 13.1 Å². The van der Waals surface area contributed by atoms with Crippen molar-refractivity contribution in [3.8, 4) is 0 Å². The van der Waals surface area contributed by atoms with E-state index in [-0.39, 0.29) is 22.8 Å². The van der Waals surface area contributed by atoms with Crippen LogP contribution >= 0.6 is 0 Å². The number of ketones is 1. The van der Waals surface area contributed by atoms with Crippen molar-refractivity contribution < 1.29 is 26.9 Å². The van der Waals surface area contributed by atoms with Crippen LogP contribution in [0.15, 0.2) is 91.0 Å². The second-order valence-corrected chi connectivity index (χ2v) is 14.3. The Morgan fingerprint density at radius 2 is 1.04 bits per heavy atom. The molecule has 2 nitrogen and oxygen atoms in total. The third-order valence-corrected chi connectivity index (χ3v) is 13.7. The predicted octanol–water partition coefficient (Wildman–Crippen LogP) is -0.499. The van der Waals surface area contributed by atoms with Crippen LogP contribution in [-0.4, -0.2) is 30.0 Å². The number of Topliss-reactive ketones (excluding diaryl/α,β-unsaturated/α-hetero) is 1. The number of hydrogen-bond acceptors (Lipinski definition) is 2. The smallest absolute Gasteiger partial charge is 1.00 e. The molecule has 4 heteroatoms. The van der Waals surface area contributed by atoms with Gasteiger partial charge in [0.25, 0.3) is 0 Å². The molecule has 0 aliphatic heterocycles. The Labute approximate surface area is 174 Å². The fraction of sp³-hybridized carbons (Fsp3) is 0.174. The molecule has 1 N–H and O–H groups in total. The Morgan fingerprint density at radius 3 is 1.30 bits per heavy atom. The Bertz CT molecular complexity index is 762. The fourth-order valence-electron chi connectivity index (χ4n) is 3.18. The van der Waals surface area contributed by atoms with E-state index in [1.807, 2.05) is 54.6 Å². The minimum atomic E-state index is -3.07. The van der Waals surface area contributed by atoms with Crippen LogP contribution in [0.2, 0.25) is 5.21 Å². The maximum atomic E-state index is 13.0. The minimum Gasteiger partial charge on any atom is -1.00 e. The van der Waals surface area contributed by atoms with Crippen molar-refractivity contribution in [1.29, 1.82) is 0 Å². The molecule has 0 aliphatic rings. The predicted molar refractivity (Wildman–Crippen MR) is 110 cm³/mol. The van der Waals surface area contributed by atoms with Gasteiger partial charge in [-0.15, -0.1) is 0 Å². The number of carbonyl (C=O) groups is 1. The summed E-state index contributed by atoms with van der Waals surface area (Å²) >= 11 is -3.07. The molecule has 0 atom stereocenters. The van der Waals surface area contributed by atoms with Gasteiger partial charge in [-0.1, -0.05) is 0 Å². The summed E-state index contributed by atoms with van der Waals surface area (Å²) in [5.74, 6) is -0.110. The zero-order valence-corrected chi connectivity index (χ0v) is 19.0. The van der Waals surface area contributed by atoms with Crippen LogP contribution in [0.1, 0.15) is 13.8 Å². The second kappa shape index (κ2) is 9.01. The zero-order valence-electron chi connectivity index (χ0n) is 15.5. The Kier molecular flexibility index (Phi) is 7.22. The first kappa shape index (κ1) is 21.6. The monoisotopic (exact) mass is 486 g/mol. The first-order valence-corrected chi connectivity index (χ1v) is 12.9. The zero-order chi connectivity index (χ0) is 18.6. The average molecular weight is 487 g/mol. The average Bonchev–Trinajstić information content (AvgIpc) is 2.67. The molecule has 0 unspecified atom stereocenters. The molecule has 3 aromatic rings. The summed E-state index contributed by atoms with van der Waals surface area (Å²) in [6, 6.07) is 31.0. The van der Waals surface area contributed by atoms with E-state index in [0.29, 0.717) is 5.21 Å². The third kappa shape index (κ3) is 4.60. The SMILES string of the molecule is CC(C)(O)C(=O)C[As+](c1ccccc1)(c1ccccc1)c1ccccc1.[Br-]. The Balaban J connectivity index is 0.00000261. The third-order valence-electron chi connectivity index (χ3n) is 4.65. The van der Waals surface area contributed by atoms with E-state index in [2.05, 4.69) is 36.4 Å². The molecule has 0 fully saturated rings. The van der Waals surface area contributed by atoms with Gasteiger partial charge in [-0.2, -0.15) is 0 Å². The summed E-state index contributed by atoms with van der Waals surface area (Å²) in [5.41, 5.74) is -1.34. The maximum Gasteiger partial charge on any atom is -1.00 e. The van der Waals surface area contributed by atoms with Crippen molar-refractivity contribution in [2.24, 2.45) is 0 Å². The maximum absolute atomic E-state index is 13.0. The van der Waals surface area contributed by atoms with Crippen LogP contribution < -0.4 is 30.0 Å². The van der Waals surface area contributed by atoms with Crippen molar-refractivity contribution in [3.05, 3.63) is 91.0 Å². The molecule has 140 valence electrons. The van der Waals surface area contributed by atoms with Gasteiger partial charge in [-0.25, -0.2) is 0 Å². The first-order chi connectivity index (χ1) is 12.4. The first-order valence-electron chi connectivity index (χ1n) is 8.75. The summed E-state index contributed by atoms with van der Waals surface area (Å²) in [5, 5.41) is 10.7. The van der Waals surface area contributed by atoms with E-state index in [4.69, 9.17) is 0 Å². The van der Waals surface area contributed by atoms with Crippen LogP contribution in [0.3, 0.4) is 0 Å². The van der Waals surface area contributed by atoms with Gasteiger partial charge in [-0.3, -0.25) is 0 Å². The van der Waals surface area contributed by atoms with Crippen molar-refractivity contribution in [2.45, 2.75) is 24.7 Å². The number of rotatable bonds is 6. The molecule has 0 heterocycles. The topological polar surface area (TPSA) is 37.3 Å². The fourth-order valence-corrected chi connectivity index (χ4v) is 12.2. The molecule has 0 radical (unpaired) electrons. The molecular formula is C23H24AsBrO2. The summed E-state index contributed by atoms with van der Waals surface area (Å²) in [7, 11) is 0. The molecule has 0 aliphatic carbocycles. The standard InChI is InChI=1S/C23H24AsO2.BrH/c1-23(2,26)22(25)18-24(19-12-6-3-7-13-19,20-14-8-4-9-15-20)21-16-10-5-11-17-21;/h3-17,26H,18H2,1-2H3;1H/q+1;/p-1. The second-order valence-electron chi connectivity index (χ2n) is 6.96. The minimum absolute atomic E-state index is 0. The number of benzene rings is 3. The molecule has 0 bridgehead atoms. The van der Waals surface area contributed by atoms with Crippen LogP contribution in [0.4, 0.5) is 0 Å². The Morgan fingerprint density at radius 1 is 0.741 bits per heavy atom. The van der Waals surface area contributed by atoms with Crippen LogP contribution in [0.25, 0.3) is 0 Å². The van der Waals surface area contributed by atoms with Crippen molar-refractivity contribution in [2.75, 3.05) is 0 Å². The van der Waals surface area contributed by atoms with Gasteiger partial charge in [0.2, 0.25) is 0 Å². The van der Waals surface area contributed by atoms with Gasteiger partial charge in [0.1, 0.15) is 0 Å². The molecule has 0 aromatic heterocycles. The number of halogens is 1. The molecular weight excluding hydrogens is 463 g/mol. The quantitative estimate of drug-likeness (QED) is 0.477. The van der Waals surface area contributed by atoms with Gasteiger partial charge >= 0.3 is 158 Å². The molecule has 0 saturated heterocycles. The molecule has 0 saturated carbocycles. The van der Waals surface area contributed by atoms with E-state index < -0.39 is 19.2 Å². The molecule has 0 spiro atoms. The number of hydrogen-bond donors (Lipinski definition) is 1. The van der Waals surface area contributed by atoms with Crippen molar-refractivity contribution in [3.63, 3.8) is 0 Å². The molecule has 3 aromatic carbocycles. The van der Waals surface area contributed by atoms with Crippen LogP contribution in [-0.2, 0) is 4.79 Å². The van der Waals surface area contributed by atoms with E-state index >= 15 is 0 Å². The van der Waals surface area contributed by atoms with Crippen LogP contribution in [0.5, 0.6) is 0 Å². The van der Waals surface area contributed by atoms with Crippen LogP contribution in [0, 0.1) is 0 Å². The van der Waals surface area contributed by atoms with E-state index in [9.17, 15) is 9.90 Å². The van der Waals surface area contributed by atoms with Gasteiger partial charge in [0.05, 0.1) is 0 Å². The summed E-state index contributed by atoms with van der Waals surface area (Å²) in [4.78, 5) is 13.0. The Hall–Kier alpha value is -1.67. The molecule has 3 rings (SSSR count). The van der Waals surface area contributed by atoms with Crippen molar-refractivity contribution >= 4 is 32.4 Å². The number of aliphatic hydroxyl groups is 1. The summed E-state index contributed by atoms with van der Waals surface area (Å²) in [6.45, 7) is 3.17. The van der Waals surface area contributed by atoms with Gasteiger partial charge in [-0.05, 0) is 0 Å². The van der Waals surface area contributed by atoms with E-state index in [0.717, 1.165) is 0 Å². The van der Waals surface area contributed by atoms with Crippen molar-refractivity contribution in [1.82, 2.24) is 0 Å². The summed E-state index contributed by atoms with van der Waals surface area (Å²) < 4.78 is 3.63. The van der Waals surface area contributed by atoms with Gasteiger partial charge in [0, 0.05) is 0 Å². The summed E-state index contributed by atoms with van der Waals surface area (Å²) in [6.07, 6.45) is 0. The van der Waals surface area contributed by atoms with E-state index in [1.54, 1.807) is 13.8 Å². The molecule has 0 amide bonds.